The number of anilines is 2. The SMILES string of the molecule is COCC#Cc1cc(Cl)c(Nc2ncnc3cc(OCCCN4CC(C)OC(C)C4)c(OC)cc23)c2c1OCO2. The van der Waals surface area contributed by atoms with Gasteiger partial charge < -0.3 is 33.7 Å². The lowest BCUT2D eigenvalue weighted by Gasteiger charge is -2.35. The average Bonchev–Trinajstić information content (AvgIpc) is 3.42. The van der Waals surface area contributed by atoms with Crippen LogP contribution in [0.4, 0.5) is 11.5 Å². The highest BCUT2D eigenvalue weighted by Gasteiger charge is 2.26. The van der Waals surface area contributed by atoms with E-state index in [4.69, 9.17) is 40.0 Å². The number of methoxy groups -OCH3 is 2. The zero-order valence-corrected chi connectivity index (χ0v) is 23.8. The van der Waals surface area contributed by atoms with E-state index in [0.29, 0.717) is 63.8 Å². The van der Waals surface area contributed by atoms with Crippen LogP contribution in [0.25, 0.3) is 10.9 Å². The van der Waals surface area contributed by atoms with Gasteiger partial charge in [-0.05, 0) is 32.4 Å². The molecule has 11 heteroatoms. The first-order valence-electron chi connectivity index (χ1n) is 13.2. The fourth-order valence-corrected chi connectivity index (χ4v) is 5.18. The molecule has 1 fully saturated rings. The van der Waals surface area contributed by atoms with Gasteiger partial charge >= 0.3 is 0 Å². The number of morpholine rings is 1. The zero-order chi connectivity index (χ0) is 28.1. The van der Waals surface area contributed by atoms with E-state index in [2.05, 4.69) is 45.9 Å². The quantitative estimate of drug-likeness (QED) is 0.290. The summed E-state index contributed by atoms with van der Waals surface area (Å²) in [5, 5.41) is 4.45. The Bertz CT molecular complexity index is 1420. The van der Waals surface area contributed by atoms with E-state index in [1.54, 1.807) is 20.3 Å². The molecule has 0 saturated carbocycles. The molecule has 2 atom stereocenters. The summed E-state index contributed by atoms with van der Waals surface area (Å²) in [4.78, 5) is 11.3. The van der Waals surface area contributed by atoms with Crippen LogP contribution in [-0.2, 0) is 9.47 Å². The Morgan fingerprint density at radius 3 is 2.65 bits per heavy atom. The molecule has 3 heterocycles. The molecule has 0 radical (unpaired) electrons. The van der Waals surface area contributed by atoms with Crippen molar-refractivity contribution in [3.63, 3.8) is 0 Å². The average molecular weight is 569 g/mol. The number of hydrogen-bond donors (Lipinski definition) is 1. The maximum absolute atomic E-state index is 6.66. The van der Waals surface area contributed by atoms with Gasteiger partial charge in [-0.1, -0.05) is 23.4 Å². The summed E-state index contributed by atoms with van der Waals surface area (Å²) < 4.78 is 34.1. The largest absolute Gasteiger partial charge is 0.493 e. The van der Waals surface area contributed by atoms with Crippen LogP contribution in [0.2, 0.25) is 5.02 Å². The van der Waals surface area contributed by atoms with Crippen molar-refractivity contribution in [1.82, 2.24) is 14.9 Å². The van der Waals surface area contributed by atoms with Gasteiger partial charge in [0.15, 0.2) is 23.0 Å². The van der Waals surface area contributed by atoms with Crippen LogP contribution < -0.4 is 24.3 Å². The molecule has 0 bridgehead atoms. The topological polar surface area (TPSA) is 96.4 Å². The summed E-state index contributed by atoms with van der Waals surface area (Å²) in [5.74, 6) is 8.65. The molecule has 40 heavy (non-hydrogen) atoms. The minimum Gasteiger partial charge on any atom is -0.493 e. The normalized spacial score (nSPS) is 18.3. The fourth-order valence-electron chi connectivity index (χ4n) is 4.94. The van der Waals surface area contributed by atoms with Crippen molar-refractivity contribution in [1.29, 1.82) is 0 Å². The van der Waals surface area contributed by atoms with Gasteiger partial charge in [0, 0.05) is 38.2 Å². The first kappa shape index (κ1) is 28.1. The number of ether oxygens (including phenoxy) is 6. The molecule has 2 unspecified atom stereocenters. The molecule has 0 aliphatic carbocycles. The van der Waals surface area contributed by atoms with E-state index < -0.39 is 0 Å². The van der Waals surface area contributed by atoms with E-state index in [1.165, 1.54) is 6.33 Å². The molecule has 212 valence electrons. The lowest BCUT2D eigenvalue weighted by atomic mass is 10.1. The molecule has 1 aromatic heterocycles. The van der Waals surface area contributed by atoms with E-state index in [-0.39, 0.29) is 19.0 Å². The number of rotatable bonds is 9. The Kier molecular flexibility index (Phi) is 8.97. The molecule has 0 amide bonds. The summed E-state index contributed by atoms with van der Waals surface area (Å²) in [5.41, 5.74) is 1.84. The van der Waals surface area contributed by atoms with Gasteiger partial charge in [0.1, 0.15) is 24.4 Å². The summed E-state index contributed by atoms with van der Waals surface area (Å²) in [6.45, 7) is 7.94. The lowest BCUT2D eigenvalue weighted by molar-refractivity contribution is -0.0686. The highest BCUT2D eigenvalue weighted by atomic mass is 35.5. The first-order valence-corrected chi connectivity index (χ1v) is 13.5. The number of nitrogens with one attached hydrogen (secondary N) is 1. The minimum absolute atomic E-state index is 0.0615. The lowest BCUT2D eigenvalue weighted by Crippen LogP contribution is -2.45. The molecule has 10 nitrogen and oxygen atoms in total. The number of aromatic nitrogens is 2. The van der Waals surface area contributed by atoms with Crippen LogP contribution >= 0.6 is 11.6 Å². The third-order valence-corrected chi connectivity index (χ3v) is 6.87. The summed E-state index contributed by atoms with van der Waals surface area (Å²) in [6.07, 6.45) is 2.86. The third-order valence-electron chi connectivity index (χ3n) is 6.57. The number of fused-ring (bicyclic) bond motifs is 2. The van der Waals surface area contributed by atoms with Gasteiger partial charge in [-0.2, -0.15) is 0 Å². The molecular formula is C29H33ClN4O6. The molecule has 1 N–H and O–H groups in total. The van der Waals surface area contributed by atoms with Gasteiger partial charge in [0.25, 0.3) is 0 Å². The molecule has 2 aliphatic heterocycles. The highest BCUT2D eigenvalue weighted by molar-refractivity contribution is 6.34. The molecule has 2 aromatic carbocycles. The van der Waals surface area contributed by atoms with Gasteiger partial charge in [-0.3, -0.25) is 4.90 Å². The maximum atomic E-state index is 6.66. The first-order chi connectivity index (χ1) is 19.5. The Hall–Kier alpha value is -3.49. The second-order valence-electron chi connectivity index (χ2n) is 9.67. The summed E-state index contributed by atoms with van der Waals surface area (Å²) >= 11 is 6.66. The smallest absolute Gasteiger partial charge is 0.231 e. The Labute approximate surface area is 238 Å². The van der Waals surface area contributed by atoms with E-state index in [0.717, 1.165) is 31.4 Å². The molecular weight excluding hydrogens is 536 g/mol. The second kappa shape index (κ2) is 12.8. The monoisotopic (exact) mass is 568 g/mol. The predicted octanol–water partition coefficient (Wildman–Crippen LogP) is 4.64. The number of hydrogen-bond acceptors (Lipinski definition) is 10. The van der Waals surface area contributed by atoms with Crippen LogP contribution in [-0.4, -0.2) is 80.9 Å². The third kappa shape index (κ3) is 6.29. The van der Waals surface area contributed by atoms with Crippen LogP contribution in [0, 0.1) is 11.8 Å². The molecule has 0 spiro atoms. The van der Waals surface area contributed by atoms with Crippen LogP contribution in [0.5, 0.6) is 23.0 Å². The van der Waals surface area contributed by atoms with Crippen LogP contribution in [0.3, 0.4) is 0 Å². The number of halogens is 1. The van der Waals surface area contributed by atoms with E-state index in [9.17, 15) is 0 Å². The zero-order valence-electron chi connectivity index (χ0n) is 23.1. The Morgan fingerprint density at radius 1 is 1.07 bits per heavy atom. The van der Waals surface area contributed by atoms with Crippen molar-refractivity contribution >= 4 is 34.0 Å². The van der Waals surface area contributed by atoms with Gasteiger partial charge in [-0.25, -0.2) is 9.97 Å². The van der Waals surface area contributed by atoms with Gasteiger partial charge in [0.05, 0.1) is 42.0 Å². The van der Waals surface area contributed by atoms with Crippen molar-refractivity contribution in [2.24, 2.45) is 0 Å². The van der Waals surface area contributed by atoms with Crippen molar-refractivity contribution in [3.8, 4) is 34.8 Å². The van der Waals surface area contributed by atoms with Crippen molar-refractivity contribution in [2.75, 3.05) is 59.2 Å². The molecule has 3 aromatic rings. The number of nitrogens with zero attached hydrogens (tertiary/aromatic N) is 3. The number of benzene rings is 2. The Morgan fingerprint density at radius 2 is 1.88 bits per heavy atom. The highest BCUT2D eigenvalue weighted by Crippen LogP contribution is 2.47. The fraction of sp³-hybridized carbons (Fsp3) is 0.448. The maximum Gasteiger partial charge on any atom is 0.231 e. The molecule has 1 saturated heterocycles. The molecule has 5 rings (SSSR count). The predicted molar refractivity (Wildman–Crippen MR) is 152 cm³/mol. The van der Waals surface area contributed by atoms with Crippen LogP contribution in [0.1, 0.15) is 25.8 Å². The second-order valence-corrected chi connectivity index (χ2v) is 10.1. The van der Waals surface area contributed by atoms with Gasteiger partial charge in [0.2, 0.25) is 6.79 Å². The summed E-state index contributed by atoms with van der Waals surface area (Å²) in [6, 6.07) is 5.45. The van der Waals surface area contributed by atoms with Crippen molar-refractivity contribution in [3.05, 3.63) is 35.1 Å². The van der Waals surface area contributed by atoms with Gasteiger partial charge in [-0.15, -0.1) is 0 Å². The van der Waals surface area contributed by atoms with E-state index in [1.807, 2.05) is 12.1 Å². The Balaban J connectivity index is 1.34. The summed E-state index contributed by atoms with van der Waals surface area (Å²) in [7, 11) is 3.20. The standard InChI is InChI=1S/C29H33ClN4O6/c1-18-14-34(15-19(2)40-18)8-6-10-37-25-13-23-21(12-24(25)36-4)29(32-16-31-23)33-26-22(30)11-20(7-5-9-35-3)27-28(26)39-17-38-27/h11-13,16,18-19H,6,8-10,14-15,17H2,1-4H3,(H,31,32,33). The van der Waals surface area contributed by atoms with E-state index >= 15 is 0 Å². The molecule has 2 aliphatic rings. The van der Waals surface area contributed by atoms with Crippen molar-refractivity contribution in [2.45, 2.75) is 32.5 Å². The van der Waals surface area contributed by atoms with Crippen molar-refractivity contribution < 1.29 is 28.4 Å². The van der Waals surface area contributed by atoms with Crippen LogP contribution in [0.15, 0.2) is 24.5 Å². The minimum atomic E-state index is 0.0615.